The van der Waals surface area contributed by atoms with Gasteiger partial charge in [-0.3, -0.25) is 0 Å². The molecule has 0 aliphatic rings. The summed E-state index contributed by atoms with van der Waals surface area (Å²) < 4.78 is 16.8. The molecule has 1 nitrogen and oxygen atoms in total. The molecule has 0 amide bonds. The van der Waals surface area contributed by atoms with Gasteiger partial charge in [-0.25, -0.2) is 4.39 Å². The summed E-state index contributed by atoms with van der Waals surface area (Å²) in [5, 5.41) is 0. The molecule has 0 bridgehead atoms. The summed E-state index contributed by atoms with van der Waals surface area (Å²) in [6.45, 7) is 7.60. The molecule has 10 heavy (non-hydrogen) atoms. The smallest absolute Gasteiger partial charge is 0.113 e. The Balaban J connectivity index is 3.58. The molecule has 0 fully saturated rings. The second-order valence-corrected chi connectivity index (χ2v) is 2.43. The predicted molar refractivity (Wildman–Crippen MR) is 40.6 cm³/mol. The molecule has 0 saturated carbocycles. The van der Waals surface area contributed by atoms with Gasteiger partial charge in [0.25, 0.3) is 0 Å². The average molecular weight is 147 g/mol. The molecule has 0 rings (SSSR count). The van der Waals surface area contributed by atoms with E-state index >= 15 is 0 Å². The fourth-order valence-corrected chi connectivity index (χ4v) is 0.709. The van der Waals surface area contributed by atoms with Gasteiger partial charge in [-0.05, 0) is 19.8 Å². The van der Waals surface area contributed by atoms with Gasteiger partial charge >= 0.3 is 0 Å². The summed E-state index contributed by atoms with van der Waals surface area (Å²) in [6.07, 6.45) is 1.67. The molecular weight excluding hydrogens is 131 g/mol. The van der Waals surface area contributed by atoms with E-state index in [1.807, 2.05) is 13.8 Å². The van der Waals surface area contributed by atoms with E-state index in [-0.39, 0.29) is 12.2 Å². The van der Waals surface area contributed by atoms with Crippen LogP contribution in [-0.4, -0.2) is 18.9 Å². The standard InChI is InChI=1S/C8H16FO/c1-4-8(3,5-2)10-7-6-9/h3-7H2,1-2H3. The molecule has 0 saturated heterocycles. The highest BCUT2D eigenvalue weighted by Crippen LogP contribution is 2.17. The highest BCUT2D eigenvalue weighted by atomic mass is 19.1. The van der Waals surface area contributed by atoms with Crippen molar-refractivity contribution in [3.05, 3.63) is 6.92 Å². The molecule has 1 radical (unpaired) electrons. The van der Waals surface area contributed by atoms with Gasteiger partial charge < -0.3 is 4.74 Å². The van der Waals surface area contributed by atoms with Crippen LogP contribution in [0.25, 0.3) is 0 Å². The lowest BCUT2D eigenvalue weighted by molar-refractivity contribution is -0.0218. The molecule has 0 aliphatic heterocycles. The van der Waals surface area contributed by atoms with Gasteiger partial charge in [0.1, 0.15) is 6.67 Å². The molecule has 0 spiro atoms. The Morgan fingerprint density at radius 3 is 2.20 bits per heavy atom. The quantitative estimate of drug-likeness (QED) is 0.580. The molecule has 2 heteroatoms. The number of rotatable bonds is 5. The Morgan fingerprint density at radius 1 is 1.40 bits per heavy atom. The summed E-state index contributed by atoms with van der Waals surface area (Å²) in [7, 11) is 0. The third kappa shape index (κ3) is 3.16. The largest absolute Gasteiger partial charge is 0.372 e. The molecule has 0 heterocycles. The molecule has 0 unspecified atom stereocenters. The van der Waals surface area contributed by atoms with Crippen LogP contribution in [0.2, 0.25) is 0 Å². The van der Waals surface area contributed by atoms with Crippen LogP contribution in [0.4, 0.5) is 4.39 Å². The summed E-state index contributed by atoms with van der Waals surface area (Å²) >= 11 is 0. The van der Waals surface area contributed by atoms with E-state index in [9.17, 15) is 4.39 Å². The maximum absolute atomic E-state index is 11.6. The number of alkyl halides is 1. The van der Waals surface area contributed by atoms with Gasteiger partial charge in [0.2, 0.25) is 0 Å². The van der Waals surface area contributed by atoms with E-state index < -0.39 is 6.67 Å². The molecular formula is C8H16FO. The van der Waals surface area contributed by atoms with Crippen molar-refractivity contribution in [1.29, 1.82) is 0 Å². The fourth-order valence-electron chi connectivity index (χ4n) is 0.709. The molecule has 0 atom stereocenters. The van der Waals surface area contributed by atoms with Crippen molar-refractivity contribution in [3.8, 4) is 0 Å². The minimum absolute atomic E-state index is 0.172. The minimum Gasteiger partial charge on any atom is -0.372 e. The fraction of sp³-hybridized carbons (Fsp3) is 0.875. The first-order chi connectivity index (χ1) is 4.68. The number of hydrogen-bond acceptors (Lipinski definition) is 1. The zero-order valence-corrected chi connectivity index (χ0v) is 6.82. The van der Waals surface area contributed by atoms with Crippen LogP contribution in [0.15, 0.2) is 0 Å². The molecule has 0 aromatic carbocycles. The van der Waals surface area contributed by atoms with Crippen molar-refractivity contribution in [1.82, 2.24) is 0 Å². The van der Waals surface area contributed by atoms with E-state index in [1.54, 1.807) is 0 Å². The lowest BCUT2D eigenvalue weighted by Crippen LogP contribution is -2.28. The van der Waals surface area contributed by atoms with Crippen molar-refractivity contribution >= 4 is 0 Å². The maximum atomic E-state index is 11.6. The second kappa shape index (κ2) is 4.67. The van der Waals surface area contributed by atoms with Crippen molar-refractivity contribution < 1.29 is 9.13 Å². The van der Waals surface area contributed by atoms with Gasteiger partial charge in [-0.15, -0.1) is 0 Å². The molecule has 0 aromatic rings. The first kappa shape index (κ1) is 9.89. The Labute approximate surface area is 62.6 Å². The van der Waals surface area contributed by atoms with Crippen molar-refractivity contribution in [2.75, 3.05) is 13.3 Å². The average Bonchev–Trinajstić information content (AvgIpc) is 2.00. The zero-order valence-electron chi connectivity index (χ0n) is 6.82. The van der Waals surface area contributed by atoms with Gasteiger partial charge in [0.05, 0.1) is 12.2 Å². The summed E-state index contributed by atoms with van der Waals surface area (Å²) in [5.41, 5.74) is -0.355. The van der Waals surface area contributed by atoms with E-state index in [2.05, 4.69) is 6.92 Å². The van der Waals surface area contributed by atoms with Crippen LogP contribution in [0.3, 0.4) is 0 Å². The lowest BCUT2D eigenvalue weighted by atomic mass is 10.0. The maximum Gasteiger partial charge on any atom is 0.113 e. The third-order valence-electron chi connectivity index (χ3n) is 1.77. The van der Waals surface area contributed by atoms with E-state index in [0.717, 1.165) is 12.8 Å². The third-order valence-corrected chi connectivity index (χ3v) is 1.77. The lowest BCUT2D eigenvalue weighted by Gasteiger charge is -2.26. The van der Waals surface area contributed by atoms with Crippen LogP contribution in [0, 0.1) is 6.92 Å². The van der Waals surface area contributed by atoms with Gasteiger partial charge in [-0.2, -0.15) is 0 Å². The first-order valence-corrected chi connectivity index (χ1v) is 3.73. The van der Waals surface area contributed by atoms with Crippen LogP contribution < -0.4 is 0 Å². The number of hydrogen-bond donors (Lipinski definition) is 0. The normalized spacial score (nSPS) is 12.0. The molecule has 0 aliphatic carbocycles. The first-order valence-electron chi connectivity index (χ1n) is 3.73. The summed E-state index contributed by atoms with van der Waals surface area (Å²) in [6, 6.07) is 0. The topological polar surface area (TPSA) is 9.23 Å². The van der Waals surface area contributed by atoms with Crippen LogP contribution in [0.1, 0.15) is 26.7 Å². The highest BCUT2D eigenvalue weighted by Gasteiger charge is 2.19. The van der Waals surface area contributed by atoms with E-state index in [4.69, 9.17) is 4.74 Å². The Kier molecular flexibility index (Phi) is 4.62. The molecule has 61 valence electrons. The second-order valence-electron chi connectivity index (χ2n) is 2.43. The predicted octanol–water partition coefficient (Wildman–Crippen LogP) is 2.37. The van der Waals surface area contributed by atoms with Crippen molar-refractivity contribution in [2.24, 2.45) is 0 Å². The van der Waals surface area contributed by atoms with Crippen molar-refractivity contribution in [3.63, 3.8) is 0 Å². The number of halogens is 1. The zero-order chi connectivity index (χ0) is 8.04. The van der Waals surface area contributed by atoms with Crippen LogP contribution in [-0.2, 0) is 4.74 Å². The van der Waals surface area contributed by atoms with Crippen molar-refractivity contribution in [2.45, 2.75) is 32.3 Å². The Bertz CT molecular complexity index is 79.3. The van der Waals surface area contributed by atoms with E-state index in [0.29, 0.717) is 0 Å². The monoisotopic (exact) mass is 147 g/mol. The Hall–Kier alpha value is -0.110. The van der Waals surface area contributed by atoms with Gasteiger partial charge in [0, 0.05) is 0 Å². The Morgan fingerprint density at radius 2 is 1.90 bits per heavy atom. The summed E-state index contributed by atoms with van der Waals surface area (Å²) in [5.74, 6) is 0. The van der Waals surface area contributed by atoms with Crippen LogP contribution in [0.5, 0.6) is 0 Å². The molecule has 0 N–H and O–H groups in total. The van der Waals surface area contributed by atoms with Gasteiger partial charge in [-0.1, -0.05) is 13.8 Å². The highest BCUT2D eigenvalue weighted by molar-refractivity contribution is 4.79. The SMILES string of the molecule is [CH2]C(CC)(CC)OCCF. The van der Waals surface area contributed by atoms with E-state index in [1.165, 1.54) is 0 Å². The molecule has 0 aromatic heterocycles. The van der Waals surface area contributed by atoms with Gasteiger partial charge in [0.15, 0.2) is 0 Å². The minimum atomic E-state index is -0.419. The number of ether oxygens (including phenoxy) is 1. The summed E-state index contributed by atoms with van der Waals surface area (Å²) in [4.78, 5) is 0. The van der Waals surface area contributed by atoms with Crippen LogP contribution >= 0.6 is 0 Å².